The zero-order chi connectivity index (χ0) is 26.9. The van der Waals surface area contributed by atoms with Gasteiger partial charge in [0, 0.05) is 23.5 Å². The highest BCUT2D eigenvalue weighted by atomic mass is 35.5. The van der Waals surface area contributed by atoms with Crippen LogP contribution in [0, 0.1) is 0 Å². The fraction of sp³-hybridized carbons (Fsp3) is 0.148. The molecule has 0 aliphatic rings. The van der Waals surface area contributed by atoms with E-state index >= 15 is 0 Å². The summed E-state index contributed by atoms with van der Waals surface area (Å²) in [6, 6.07) is 13.0. The summed E-state index contributed by atoms with van der Waals surface area (Å²) >= 11 is 13.8. The minimum absolute atomic E-state index is 0.105. The average Bonchev–Trinajstić information content (AvgIpc) is 3.46. The Labute approximate surface area is 233 Å². The number of carbonyl (C=O) groups excluding carboxylic acids is 2. The van der Waals surface area contributed by atoms with Crippen LogP contribution in [0.5, 0.6) is 0 Å². The van der Waals surface area contributed by atoms with E-state index in [1.165, 1.54) is 18.4 Å². The lowest BCUT2D eigenvalue weighted by Crippen LogP contribution is -2.41. The standard InChI is InChI=1S/C27H23Cl2N5O3S/c1-37-27(36)21(34-26(35)23-19(28)6-3-7-20(23)29)8-2-5-17-9-11-18(12-10-17)33-24(22-15-38-16-32-22)25-30-13-4-14-31-25/h2-7,9-16,21,24,33H,8H2,1H3,(H,34,35)/b5-2+. The number of esters is 1. The zero-order valence-electron chi connectivity index (χ0n) is 20.2. The first-order valence-corrected chi connectivity index (χ1v) is 13.2. The van der Waals surface area contributed by atoms with Gasteiger partial charge in [0.05, 0.1) is 33.9 Å². The number of ether oxygens (including phenoxy) is 1. The lowest BCUT2D eigenvalue weighted by molar-refractivity contribution is -0.142. The van der Waals surface area contributed by atoms with Crippen molar-refractivity contribution in [2.75, 3.05) is 12.4 Å². The number of rotatable bonds is 10. The maximum Gasteiger partial charge on any atom is 0.328 e. The van der Waals surface area contributed by atoms with Crippen molar-refractivity contribution in [2.24, 2.45) is 0 Å². The first kappa shape index (κ1) is 27.3. The summed E-state index contributed by atoms with van der Waals surface area (Å²) in [7, 11) is 1.26. The molecule has 0 bridgehead atoms. The second-order valence-corrected chi connectivity index (χ2v) is 9.54. The fourth-order valence-electron chi connectivity index (χ4n) is 3.59. The summed E-state index contributed by atoms with van der Waals surface area (Å²) < 4.78 is 4.86. The van der Waals surface area contributed by atoms with Crippen molar-refractivity contribution < 1.29 is 14.3 Å². The molecular formula is C27H23Cl2N5O3S. The van der Waals surface area contributed by atoms with Crippen LogP contribution >= 0.6 is 34.5 Å². The molecule has 0 spiro atoms. The SMILES string of the molecule is COC(=O)C(C/C=C/c1ccc(NC(c2cscn2)c2ncccn2)cc1)NC(=O)c1c(Cl)cccc1Cl. The Bertz CT molecular complexity index is 1380. The molecule has 0 fully saturated rings. The Hall–Kier alpha value is -3.79. The van der Waals surface area contributed by atoms with Crippen LogP contribution in [0.3, 0.4) is 0 Å². The van der Waals surface area contributed by atoms with E-state index in [9.17, 15) is 9.59 Å². The molecule has 2 aromatic heterocycles. The van der Waals surface area contributed by atoms with Crippen LogP contribution < -0.4 is 10.6 Å². The highest BCUT2D eigenvalue weighted by molar-refractivity contribution is 7.07. The molecular weight excluding hydrogens is 545 g/mol. The third kappa shape index (κ3) is 6.95. The smallest absolute Gasteiger partial charge is 0.328 e. The van der Waals surface area contributed by atoms with Crippen LogP contribution in [0.2, 0.25) is 10.0 Å². The molecule has 2 N–H and O–H groups in total. The van der Waals surface area contributed by atoms with Crippen molar-refractivity contribution >= 4 is 58.2 Å². The number of anilines is 1. The molecule has 2 unspecified atom stereocenters. The molecule has 38 heavy (non-hydrogen) atoms. The highest BCUT2D eigenvalue weighted by Crippen LogP contribution is 2.25. The van der Waals surface area contributed by atoms with E-state index in [1.807, 2.05) is 35.7 Å². The molecule has 0 radical (unpaired) electrons. The van der Waals surface area contributed by atoms with Gasteiger partial charge in [-0.1, -0.05) is 53.6 Å². The number of amides is 1. The number of hydrogen-bond donors (Lipinski definition) is 2. The molecule has 2 heterocycles. The molecule has 4 rings (SSSR count). The molecule has 0 saturated carbocycles. The number of benzene rings is 2. The van der Waals surface area contributed by atoms with E-state index in [-0.39, 0.29) is 28.1 Å². The summed E-state index contributed by atoms with van der Waals surface area (Å²) in [6.07, 6.45) is 7.24. The number of halogens is 2. The van der Waals surface area contributed by atoms with Gasteiger partial charge in [-0.2, -0.15) is 0 Å². The van der Waals surface area contributed by atoms with E-state index in [1.54, 1.807) is 48.2 Å². The number of nitrogens with one attached hydrogen (secondary N) is 2. The first-order chi connectivity index (χ1) is 18.5. The van der Waals surface area contributed by atoms with Gasteiger partial charge >= 0.3 is 5.97 Å². The van der Waals surface area contributed by atoms with Gasteiger partial charge < -0.3 is 15.4 Å². The molecule has 0 saturated heterocycles. The topological polar surface area (TPSA) is 106 Å². The lowest BCUT2D eigenvalue weighted by Gasteiger charge is -2.17. The summed E-state index contributed by atoms with van der Waals surface area (Å²) in [5.74, 6) is -0.518. The quantitative estimate of drug-likeness (QED) is 0.233. The first-order valence-electron chi connectivity index (χ1n) is 11.5. The normalized spacial score (nSPS) is 12.6. The second kappa shape index (κ2) is 13.1. The number of methoxy groups -OCH3 is 1. The van der Waals surface area contributed by atoms with Gasteiger partial charge in [0.25, 0.3) is 5.91 Å². The van der Waals surface area contributed by atoms with Crippen LogP contribution in [-0.2, 0) is 9.53 Å². The number of aromatic nitrogens is 3. The van der Waals surface area contributed by atoms with E-state index in [0.29, 0.717) is 5.82 Å². The van der Waals surface area contributed by atoms with Gasteiger partial charge in [-0.05, 0) is 42.3 Å². The van der Waals surface area contributed by atoms with Crippen molar-refractivity contribution in [1.82, 2.24) is 20.3 Å². The summed E-state index contributed by atoms with van der Waals surface area (Å²) in [5.41, 5.74) is 4.48. The van der Waals surface area contributed by atoms with Gasteiger partial charge in [-0.25, -0.2) is 19.7 Å². The predicted octanol–water partition coefficient (Wildman–Crippen LogP) is 5.82. The number of thiazole rings is 1. The molecule has 8 nitrogen and oxygen atoms in total. The zero-order valence-corrected chi connectivity index (χ0v) is 22.5. The monoisotopic (exact) mass is 567 g/mol. The van der Waals surface area contributed by atoms with E-state index in [0.717, 1.165) is 16.9 Å². The third-order valence-corrected chi connectivity index (χ3v) is 6.71. The van der Waals surface area contributed by atoms with E-state index in [2.05, 4.69) is 25.6 Å². The van der Waals surface area contributed by atoms with E-state index < -0.39 is 17.9 Å². The highest BCUT2D eigenvalue weighted by Gasteiger charge is 2.23. The number of carbonyl (C=O) groups is 2. The molecule has 11 heteroatoms. The van der Waals surface area contributed by atoms with Crippen molar-refractivity contribution in [3.8, 4) is 0 Å². The molecule has 0 aliphatic heterocycles. The third-order valence-electron chi connectivity index (χ3n) is 5.48. The molecule has 4 aromatic rings. The van der Waals surface area contributed by atoms with Crippen molar-refractivity contribution in [3.05, 3.63) is 111 Å². The van der Waals surface area contributed by atoms with Gasteiger partial charge in [0.1, 0.15) is 12.1 Å². The van der Waals surface area contributed by atoms with Crippen LogP contribution in [0.1, 0.15) is 39.9 Å². The Kier molecular flexibility index (Phi) is 9.42. The Morgan fingerprint density at radius 3 is 2.37 bits per heavy atom. The largest absolute Gasteiger partial charge is 0.467 e. The summed E-state index contributed by atoms with van der Waals surface area (Å²) in [4.78, 5) is 38.2. The van der Waals surface area contributed by atoms with Gasteiger partial charge in [0.15, 0.2) is 5.82 Å². The Morgan fingerprint density at radius 2 is 1.74 bits per heavy atom. The average molecular weight is 568 g/mol. The van der Waals surface area contributed by atoms with Gasteiger partial charge in [-0.15, -0.1) is 11.3 Å². The summed E-state index contributed by atoms with van der Waals surface area (Å²) in [6.45, 7) is 0. The number of nitrogens with zero attached hydrogens (tertiary/aromatic N) is 3. The van der Waals surface area contributed by atoms with Gasteiger partial charge in [0.2, 0.25) is 0 Å². The summed E-state index contributed by atoms with van der Waals surface area (Å²) in [5, 5.41) is 8.43. The predicted molar refractivity (Wildman–Crippen MR) is 149 cm³/mol. The Morgan fingerprint density at radius 1 is 1.03 bits per heavy atom. The Balaban J connectivity index is 1.42. The fourth-order valence-corrected chi connectivity index (χ4v) is 4.74. The molecule has 194 valence electrons. The van der Waals surface area contributed by atoms with Crippen LogP contribution in [0.15, 0.2) is 77.9 Å². The van der Waals surface area contributed by atoms with Crippen molar-refractivity contribution in [3.63, 3.8) is 0 Å². The molecule has 0 aliphatic carbocycles. The minimum atomic E-state index is -0.915. The molecule has 1 amide bonds. The van der Waals surface area contributed by atoms with E-state index in [4.69, 9.17) is 27.9 Å². The van der Waals surface area contributed by atoms with Crippen molar-refractivity contribution in [1.29, 1.82) is 0 Å². The van der Waals surface area contributed by atoms with Crippen molar-refractivity contribution in [2.45, 2.75) is 18.5 Å². The minimum Gasteiger partial charge on any atom is -0.467 e. The van der Waals surface area contributed by atoms with Crippen LogP contribution in [0.4, 0.5) is 5.69 Å². The maximum atomic E-state index is 12.7. The van der Waals surface area contributed by atoms with Gasteiger partial charge in [-0.3, -0.25) is 4.79 Å². The van der Waals surface area contributed by atoms with Crippen LogP contribution in [-0.4, -0.2) is 40.0 Å². The molecule has 2 atom stereocenters. The maximum absolute atomic E-state index is 12.7. The molecule has 2 aromatic carbocycles. The number of hydrogen-bond acceptors (Lipinski definition) is 8. The van der Waals surface area contributed by atoms with Crippen LogP contribution in [0.25, 0.3) is 6.08 Å². The second-order valence-electron chi connectivity index (χ2n) is 8.00. The lowest BCUT2D eigenvalue weighted by atomic mass is 10.1.